The van der Waals surface area contributed by atoms with E-state index in [1.54, 1.807) is 37.1 Å². The molecular formula is C24H38N8OS. The van der Waals surface area contributed by atoms with E-state index in [1.807, 2.05) is 11.9 Å². The van der Waals surface area contributed by atoms with Crippen LogP contribution in [0.1, 0.15) is 52.5 Å². The van der Waals surface area contributed by atoms with Crippen LogP contribution in [0.2, 0.25) is 0 Å². The molecule has 1 aliphatic rings. The predicted molar refractivity (Wildman–Crippen MR) is 137 cm³/mol. The molecule has 1 fully saturated rings. The van der Waals surface area contributed by atoms with Gasteiger partial charge in [-0.25, -0.2) is 9.97 Å². The number of hydrogen-bond acceptors (Lipinski definition) is 9. The first kappa shape index (κ1) is 26.4. The van der Waals surface area contributed by atoms with Gasteiger partial charge in [0.25, 0.3) is 0 Å². The minimum atomic E-state index is -0.877. The lowest BCUT2D eigenvalue weighted by Gasteiger charge is -2.31. The van der Waals surface area contributed by atoms with E-state index in [2.05, 4.69) is 49.5 Å². The van der Waals surface area contributed by atoms with Crippen molar-refractivity contribution in [1.29, 1.82) is 5.26 Å². The van der Waals surface area contributed by atoms with Crippen molar-refractivity contribution >= 4 is 17.9 Å². The molecule has 0 atom stereocenters. The number of aliphatic hydroxyl groups is 1. The molecule has 3 heterocycles. The van der Waals surface area contributed by atoms with Gasteiger partial charge < -0.3 is 15.3 Å². The highest BCUT2D eigenvalue weighted by Crippen LogP contribution is 2.24. The Labute approximate surface area is 207 Å². The molecule has 10 heteroatoms. The Morgan fingerprint density at radius 3 is 2.65 bits per heavy atom. The molecule has 0 radical (unpaired) electrons. The normalized spacial score (nSPS) is 15.6. The van der Waals surface area contributed by atoms with Crippen molar-refractivity contribution in [1.82, 2.24) is 29.0 Å². The number of nitrogens with zero attached hydrogens (tertiary/aromatic N) is 7. The van der Waals surface area contributed by atoms with Crippen molar-refractivity contribution in [2.45, 2.75) is 65.1 Å². The monoisotopic (exact) mass is 486 g/mol. The third-order valence-electron chi connectivity index (χ3n) is 5.94. The summed E-state index contributed by atoms with van der Waals surface area (Å²) in [5.74, 6) is 1.70. The number of piperidine rings is 1. The summed E-state index contributed by atoms with van der Waals surface area (Å²) in [5, 5.41) is 27.4. The Morgan fingerprint density at radius 2 is 2.00 bits per heavy atom. The van der Waals surface area contributed by atoms with E-state index in [0.29, 0.717) is 29.8 Å². The van der Waals surface area contributed by atoms with E-state index in [-0.39, 0.29) is 0 Å². The van der Waals surface area contributed by atoms with E-state index in [4.69, 9.17) is 0 Å². The molecule has 0 unspecified atom stereocenters. The molecule has 1 saturated heterocycles. The van der Waals surface area contributed by atoms with Gasteiger partial charge in [0.2, 0.25) is 5.95 Å². The lowest BCUT2D eigenvalue weighted by molar-refractivity contribution is 0.0577. The second-order valence-electron chi connectivity index (χ2n) is 9.37. The highest BCUT2D eigenvalue weighted by Gasteiger charge is 2.21. The topological polar surface area (TPSA) is 106 Å². The lowest BCUT2D eigenvalue weighted by atomic mass is 10.1. The molecule has 0 aromatic carbocycles. The smallest absolute Gasteiger partial charge is 0.223 e. The summed E-state index contributed by atoms with van der Waals surface area (Å²) < 4.78 is 4.14. The van der Waals surface area contributed by atoms with Crippen LogP contribution in [0.25, 0.3) is 11.3 Å². The SMILES string of the molecule is CCN(CC)CCCSN1CCC(Nc2ncc(C#N)c(-c3cnn(CC(C)(C)O)c3)n2)CC1. The minimum absolute atomic E-state index is 0.311. The maximum atomic E-state index is 10.0. The summed E-state index contributed by atoms with van der Waals surface area (Å²) in [6.07, 6.45) is 8.34. The van der Waals surface area contributed by atoms with Crippen molar-refractivity contribution in [3.05, 3.63) is 24.2 Å². The van der Waals surface area contributed by atoms with Crippen LogP contribution in [0, 0.1) is 11.3 Å². The average Bonchev–Trinajstić information content (AvgIpc) is 3.27. The fraction of sp³-hybridized carbons (Fsp3) is 0.667. The molecule has 0 aliphatic carbocycles. The summed E-state index contributed by atoms with van der Waals surface area (Å²) >= 11 is 1.96. The molecule has 0 amide bonds. The number of aromatic nitrogens is 4. The maximum absolute atomic E-state index is 10.0. The molecule has 3 rings (SSSR count). The van der Waals surface area contributed by atoms with Crippen LogP contribution in [0.15, 0.2) is 18.6 Å². The quantitative estimate of drug-likeness (QED) is 0.345. The third-order valence-corrected chi connectivity index (χ3v) is 7.14. The fourth-order valence-corrected chi connectivity index (χ4v) is 5.04. The van der Waals surface area contributed by atoms with Gasteiger partial charge in [-0.1, -0.05) is 25.8 Å². The van der Waals surface area contributed by atoms with Crippen LogP contribution in [-0.2, 0) is 6.54 Å². The van der Waals surface area contributed by atoms with E-state index in [0.717, 1.165) is 50.3 Å². The Kier molecular flexibility index (Phi) is 9.71. The molecule has 34 heavy (non-hydrogen) atoms. The van der Waals surface area contributed by atoms with E-state index >= 15 is 0 Å². The van der Waals surface area contributed by atoms with Crippen molar-refractivity contribution < 1.29 is 5.11 Å². The minimum Gasteiger partial charge on any atom is -0.389 e. The maximum Gasteiger partial charge on any atom is 0.223 e. The van der Waals surface area contributed by atoms with E-state index in [1.165, 1.54) is 13.0 Å². The zero-order valence-electron chi connectivity index (χ0n) is 20.9. The highest BCUT2D eigenvalue weighted by atomic mass is 32.2. The van der Waals surface area contributed by atoms with Gasteiger partial charge in [0.05, 0.1) is 35.8 Å². The van der Waals surface area contributed by atoms with Crippen molar-refractivity contribution in [2.75, 3.05) is 43.8 Å². The molecule has 2 aromatic heterocycles. The number of nitriles is 1. The third kappa shape index (κ3) is 7.94. The molecule has 0 saturated carbocycles. The zero-order valence-corrected chi connectivity index (χ0v) is 21.7. The number of anilines is 1. The van der Waals surface area contributed by atoms with Gasteiger partial charge >= 0.3 is 0 Å². The van der Waals surface area contributed by atoms with E-state index in [9.17, 15) is 10.4 Å². The summed E-state index contributed by atoms with van der Waals surface area (Å²) in [7, 11) is 0. The van der Waals surface area contributed by atoms with Gasteiger partial charge in [0.15, 0.2) is 0 Å². The lowest BCUT2D eigenvalue weighted by Crippen LogP contribution is -2.36. The van der Waals surface area contributed by atoms with Crippen molar-refractivity contribution in [3.63, 3.8) is 0 Å². The van der Waals surface area contributed by atoms with Crippen LogP contribution < -0.4 is 5.32 Å². The molecule has 2 aromatic rings. The Bertz CT molecular complexity index is 939. The van der Waals surface area contributed by atoms with Crippen LogP contribution >= 0.6 is 11.9 Å². The van der Waals surface area contributed by atoms with Crippen molar-refractivity contribution in [2.24, 2.45) is 0 Å². The van der Waals surface area contributed by atoms with Gasteiger partial charge in [-0.15, -0.1) is 0 Å². The number of hydrogen-bond donors (Lipinski definition) is 2. The molecule has 0 bridgehead atoms. The summed E-state index contributed by atoms with van der Waals surface area (Å²) in [6, 6.07) is 2.49. The largest absolute Gasteiger partial charge is 0.389 e. The molecule has 1 aliphatic heterocycles. The fourth-order valence-electron chi connectivity index (χ4n) is 4.06. The Morgan fingerprint density at radius 1 is 1.26 bits per heavy atom. The summed E-state index contributed by atoms with van der Waals surface area (Å²) in [6.45, 7) is 13.8. The second-order valence-corrected chi connectivity index (χ2v) is 10.6. The molecule has 186 valence electrons. The first-order valence-electron chi connectivity index (χ1n) is 12.2. The molecular weight excluding hydrogens is 448 g/mol. The zero-order chi connectivity index (χ0) is 24.6. The summed E-state index contributed by atoms with van der Waals surface area (Å²) in [5.41, 5.74) is 0.827. The highest BCUT2D eigenvalue weighted by molar-refractivity contribution is 7.97. The van der Waals surface area contributed by atoms with E-state index < -0.39 is 5.60 Å². The molecule has 0 spiro atoms. The molecule has 9 nitrogen and oxygen atoms in total. The van der Waals surface area contributed by atoms with Crippen LogP contribution in [-0.4, -0.2) is 84.2 Å². The Hall–Kier alpha value is -2.19. The van der Waals surface area contributed by atoms with Crippen LogP contribution in [0.4, 0.5) is 5.95 Å². The first-order chi connectivity index (χ1) is 16.3. The average molecular weight is 487 g/mol. The van der Waals surface area contributed by atoms with Gasteiger partial charge in [-0.3, -0.25) is 8.99 Å². The first-order valence-corrected chi connectivity index (χ1v) is 13.1. The Balaban J connectivity index is 1.53. The van der Waals surface area contributed by atoms with Crippen molar-refractivity contribution in [3.8, 4) is 17.3 Å². The van der Waals surface area contributed by atoms with Gasteiger partial charge in [-0.2, -0.15) is 10.4 Å². The van der Waals surface area contributed by atoms with Gasteiger partial charge in [0, 0.05) is 36.6 Å². The number of nitrogens with one attached hydrogen (secondary N) is 1. The van der Waals surface area contributed by atoms with Crippen LogP contribution in [0.3, 0.4) is 0 Å². The second kappa shape index (κ2) is 12.5. The number of rotatable bonds is 12. The summed E-state index contributed by atoms with van der Waals surface area (Å²) in [4.78, 5) is 11.5. The molecule has 2 N–H and O–H groups in total. The predicted octanol–water partition coefficient (Wildman–Crippen LogP) is 3.24. The van der Waals surface area contributed by atoms with Crippen LogP contribution in [0.5, 0.6) is 0 Å². The standard InChI is InChI=1S/C24H38N8OS/c1-5-30(6-2)10-7-13-34-32-11-8-21(9-12-32)28-23-26-15-19(14-25)22(29-23)20-16-27-31(17-20)18-24(3,4)33/h15-17,21,33H,5-13,18H2,1-4H3,(H,26,28,29). The van der Waals surface area contributed by atoms with Gasteiger partial charge in [-0.05, 0) is 52.7 Å². The van der Waals surface area contributed by atoms with Gasteiger partial charge in [0.1, 0.15) is 6.07 Å².